The molecule has 1 aliphatic rings. The van der Waals surface area contributed by atoms with Crippen LogP contribution >= 0.6 is 0 Å². The van der Waals surface area contributed by atoms with Gasteiger partial charge >= 0.3 is 0 Å². The first kappa shape index (κ1) is 13.3. The first-order valence-electron chi connectivity index (χ1n) is 6.92. The lowest BCUT2D eigenvalue weighted by Gasteiger charge is -2.10. The second-order valence-corrected chi connectivity index (χ2v) is 5.33. The summed E-state index contributed by atoms with van der Waals surface area (Å²) < 4.78 is 2.05. The number of rotatable bonds is 6. The number of carbonyl (C=O) groups is 1. The molecule has 0 saturated heterocycles. The first-order chi connectivity index (χ1) is 8.70. The standard InChI is InChI=1S/C14H23N3O/c1-11(10-15-2)14(18)9-12-7-8-17(16-12)13-5-3-4-6-13/h7-8,11,13,15H,3-6,9-10H2,1-2H3. The Morgan fingerprint density at radius 3 is 2.94 bits per heavy atom. The normalized spacial score (nSPS) is 18.1. The molecule has 100 valence electrons. The van der Waals surface area contributed by atoms with Gasteiger partial charge in [0.05, 0.1) is 18.2 Å². The van der Waals surface area contributed by atoms with E-state index < -0.39 is 0 Å². The minimum Gasteiger partial charge on any atom is -0.319 e. The maximum atomic E-state index is 11.9. The molecule has 1 N–H and O–H groups in total. The SMILES string of the molecule is CNCC(C)C(=O)Cc1ccn(C2CCCC2)n1. The smallest absolute Gasteiger partial charge is 0.142 e. The van der Waals surface area contributed by atoms with Crippen LogP contribution in [-0.4, -0.2) is 29.2 Å². The van der Waals surface area contributed by atoms with Crippen molar-refractivity contribution in [3.8, 4) is 0 Å². The number of carbonyl (C=O) groups excluding carboxylic acids is 1. The number of nitrogens with one attached hydrogen (secondary N) is 1. The highest BCUT2D eigenvalue weighted by molar-refractivity contribution is 5.82. The van der Waals surface area contributed by atoms with Gasteiger partial charge in [-0.05, 0) is 26.0 Å². The van der Waals surface area contributed by atoms with Crippen LogP contribution in [0.25, 0.3) is 0 Å². The summed E-state index contributed by atoms with van der Waals surface area (Å²) in [4.78, 5) is 11.9. The van der Waals surface area contributed by atoms with Crippen LogP contribution in [0.4, 0.5) is 0 Å². The van der Waals surface area contributed by atoms with Gasteiger partial charge in [-0.15, -0.1) is 0 Å². The molecule has 1 heterocycles. The van der Waals surface area contributed by atoms with E-state index in [1.54, 1.807) is 0 Å². The van der Waals surface area contributed by atoms with E-state index in [-0.39, 0.29) is 11.7 Å². The molecule has 4 heteroatoms. The van der Waals surface area contributed by atoms with Crippen molar-refractivity contribution >= 4 is 5.78 Å². The maximum absolute atomic E-state index is 11.9. The Kier molecular flexibility index (Phi) is 4.53. The van der Waals surface area contributed by atoms with Gasteiger partial charge < -0.3 is 5.32 Å². The fourth-order valence-electron chi connectivity index (χ4n) is 2.62. The number of nitrogens with zero attached hydrogens (tertiary/aromatic N) is 2. The van der Waals surface area contributed by atoms with Crippen LogP contribution in [0, 0.1) is 5.92 Å². The zero-order valence-corrected chi connectivity index (χ0v) is 11.4. The highest BCUT2D eigenvalue weighted by Gasteiger charge is 2.19. The first-order valence-corrected chi connectivity index (χ1v) is 6.92. The Bertz CT molecular complexity index is 393. The second-order valence-electron chi connectivity index (χ2n) is 5.33. The molecule has 1 aliphatic carbocycles. The van der Waals surface area contributed by atoms with Gasteiger partial charge in [-0.25, -0.2) is 0 Å². The summed E-state index contributed by atoms with van der Waals surface area (Å²) in [6.45, 7) is 2.70. The van der Waals surface area contributed by atoms with E-state index in [1.165, 1.54) is 25.7 Å². The molecule has 1 aromatic rings. The second kappa shape index (κ2) is 6.14. The molecule has 1 saturated carbocycles. The van der Waals surface area contributed by atoms with Crippen molar-refractivity contribution in [2.45, 2.75) is 45.1 Å². The largest absolute Gasteiger partial charge is 0.319 e. The molecule has 0 spiro atoms. The summed E-state index contributed by atoms with van der Waals surface area (Å²) >= 11 is 0. The summed E-state index contributed by atoms with van der Waals surface area (Å²) in [7, 11) is 1.87. The molecule has 0 bridgehead atoms. The molecule has 0 amide bonds. The quantitative estimate of drug-likeness (QED) is 0.838. The molecule has 1 fully saturated rings. The number of aromatic nitrogens is 2. The van der Waals surface area contributed by atoms with Crippen molar-refractivity contribution < 1.29 is 4.79 Å². The van der Waals surface area contributed by atoms with Gasteiger partial charge in [0.15, 0.2) is 0 Å². The van der Waals surface area contributed by atoms with E-state index >= 15 is 0 Å². The van der Waals surface area contributed by atoms with Crippen molar-refractivity contribution in [1.29, 1.82) is 0 Å². The predicted octanol–water partition coefficient (Wildman–Crippen LogP) is 1.97. The van der Waals surface area contributed by atoms with Gasteiger partial charge in [0.1, 0.15) is 5.78 Å². The molecule has 0 aliphatic heterocycles. The van der Waals surface area contributed by atoms with E-state index in [2.05, 4.69) is 15.1 Å². The van der Waals surface area contributed by atoms with Crippen molar-refractivity contribution in [1.82, 2.24) is 15.1 Å². The van der Waals surface area contributed by atoms with Crippen LogP contribution in [0.1, 0.15) is 44.3 Å². The molecule has 1 unspecified atom stereocenters. The topological polar surface area (TPSA) is 46.9 Å². The lowest BCUT2D eigenvalue weighted by atomic mass is 10.0. The Labute approximate surface area is 109 Å². The molecular weight excluding hydrogens is 226 g/mol. The van der Waals surface area contributed by atoms with E-state index in [1.807, 2.05) is 26.2 Å². The molecule has 1 aromatic heterocycles. The fraction of sp³-hybridized carbons (Fsp3) is 0.714. The van der Waals surface area contributed by atoms with E-state index in [0.29, 0.717) is 12.5 Å². The van der Waals surface area contributed by atoms with Crippen LogP contribution in [0.2, 0.25) is 0 Å². The summed E-state index contributed by atoms with van der Waals surface area (Å²) in [6.07, 6.45) is 7.55. The Morgan fingerprint density at radius 2 is 2.28 bits per heavy atom. The minimum atomic E-state index is 0.0617. The van der Waals surface area contributed by atoms with Crippen LogP contribution < -0.4 is 5.32 Å². The van der Waals surface area contributed by atoms with Gasteiger partial charge in [0.25, 0.3) is 0 Å². The molecule has 18 heavy (non-hydrogen) atoms. The average molecular weight is 249 g/mol. The van der Waals surface area contributed by atoms with Crippen molar-refractivity contribution in [2.24, 2.45) is 5.92 Å². The maximum Gasteiger partial charge on any atom is 0.142 e. The molecule has 4 nitrogen and oxygen atoms in total. The number of Topliss-reactive ketones (excluding diaryl/α,β-unsaturated/α-hetero) is 1. The Balaban J connectivity index is 1.91. The van der Waals surface area contributed by atoms with Crippen molar-refractivity contribution in [3.63, 3.8) is 0 Å². The van der Waals surface area contributed by atoms with Gasteiger partial charge in [0.2, 0.25) is 0 Å². The van der Waals surface area contributed by atoms with Gasteiger partial charge in [-0.1, -0.05) is 19.8 Å². The third-order valence-corrected chi connectivity index (χ3v) is 3.78. The number of hydrogen-bond acceptors (Lipinski definition) is 3. The molecule has 0 radical (unpaired) electrons. The third kappa shape index (κ3) is 3.19. The van der Waals surface area contributed by atoms with E-state index in [4.69, 9.17) is 0 Å². The monoisotopic (exact) mass is 249 g/mol. The Hall–Kier alpha value is -1.16. The third-order valence-electron chi connectivity index (χ3n) is 3.78. The van der Waals surface area contributed by atoms with E-state index in [0.717, 1.165) is 12.2 Å². The van der Waals surface area contributed by atoms with Crippen molar-refractivity contribution in [2.75, 3.05) is 13.6 Å². The lowest BCUT2D eigenvalue weighted by molar-refractivity contribution is -0.121. The summed E-state index contributed by atoms with van der Waals surface area (Å²) in [6, 6.07) is 2.55. The highest BCUT2D eigenvalue weighted by Crippen LogP contribution is 2.28. The zero-order chi connectivity index (χ0) is 13.0. The fourth-order valence-corrected chi connectivity index (χ4v) is 2.62. The zero-order valence-electron chi connectivity index (χ0n) is 11.4. The van der Waals surface area contributed by atoms with Crippen LogP contribution in [0.5, 0.6) is 0 Å². The van der Waals surface area contributed by atoms with Gasteiger partial charge in [-0.2, -0.15) is 5.10 Å². The average Bonchev–Trinajstić information content (AvgIpc) is 2.98. The number of hydrogen-bond donors (Lipinski definition) is 1. The number of ketones is 1. The predicted molar refractivity (Wildman–Crippen MR) is 71.5 cm³/mol. The molecular formula is C14H23N3O. The van der Waals surface area contributed by atoms with Crippen LogP contribution in [0.3, 0.4) is 0 Å². The van der Waals surface area contributed by atoms with Crippen LogP contribution in [0.15, 0.2) is 12.3 Å². The molecule has 2 rings (SSSR count). The summed E-state index contributed by atoms with van der Waals surface area (Å²) in [5, 5.41) is 7.59. The van der Waals surface area contributed by atoms with E-state index in [9.17, 15) is 4.79 Å². The van der Waals surface area contributed by atoms with Crippen molar-refractivity contribution in [3.05, 3.63) is 18.0 Å². The highest BCUT2D eigenvalue weighted by atomic mass is 16.1. The molecule has 1 atom stereocenters. The summed E-state index contributed by atoms with van der Waals surface area (Å²) in [5.41, 5.74) is 0.912. The van der Waals surface area contributed by atoms with Gasteiger partial charge in [-0.3, -0.25) is 9.48 Å². The Morgan fingerprint density at radius 1 is 1.56 bits per heavy atom. The molecule has 0 aromatic carbocycles. The van der Waals surface area contributed by atoms with Gasteiger partial charge in [0, 0.05) is 18.7 Å². The minimum absolute atomic E-state index is 0.0617. The summed E-state index contributed by atoms with van der Waals surface area (Å²) in [5.74, 6) is 0.327. The van der Waals surface area contributed by atoms with Crippen LogP contribution in [-0.2, 0) is 11.2 Å². The lowest BCUT2D eigenvalue weighted by Crippen LogP contribution is -2.25.